The van der Waals surface area contributed by atoms with E-state index in [9.17, 15) is 4.79 Å². The van der Waals surface area contributed by atoms with Gasteiger partial charge in [-0.15, -0.1) is 0 Å². The third-order valence-electron chi connectivity index (χ3n) is 5.33. The number of nitrogens with zero attached hydrogens (tertiary/aromatic N) is 3. The van der Waals surface area contributed by atoms with E-state index in [2.05, 4.69) is 23.9 Å². The van der Waals surface area contributed by atoms with Gasteiger partial charge >= 0.3 is 5.97 Å². The van der Waals surface area contributed by atoms with Crippen molar-refractivity contribution in [3.05, 3.63) is 23.5 Å². The average molecular weight is 315 g/mol. The first-order valence-corrected chi connectivity index (χ1v) is 8.01. The summed E-state index contributed by atoms with van der Waals surface area (Å²) < 4.78 is 13.3. The Morgan fingerprint density at radius 2 is 2.26 bits per heavy atom. The molecule has 2 aliphatic rings. The van der Waals surface area contributed by atoms with Gasteiger partial charge in [-0.05, 0) is 19.4 Å². The summed E-state index contributed by atoms with van der Waals surface area (Å²) in [4.78, 5) is 16.9. The van der Waals surface area contributed by atoms with Crippen molar-refractivity contribution in [2.45, 2.75) is 39.4 Å². The largest absolute Gasteiger partial charge is 0.458 e. The minimum absolute atomic E-state index is 0.0896. The first kappa shape index (κ1) is 14.6. The Hall–Kier alpha value is -1.95. The van der Waals surface area contributed by atoms with Crippen LogP contribution in [0.3, 0.4) is 0 Å². The van der Waals surface area contributed by atoms with Crippen LogP contribution in [-0.2, 0) is 16.5 Å². The highest BCUT2D eigenvalue weighted by Gasteiger charge is 2.61. The van der Waals surface area contributed by atoms with E-state index < -0.39 is 0 Å². The lowest BCUT2D eigenvalue weighted by molar-refractivity contribution is -0.183. The predicted octanol–water partition coefficient (Wildman–Crippen LogP) is 2.25. The van der Waals surface area contributed by atoms with Crippen molar-refractivity contribution in [3.8, 4) is 0 Å². The van der Waals surface area contributed by atoms with E-state index in [1.807, 2.05) is 20.0 Å². The van der Waals surface area contributed by atoms with Crippen molar-refractivity contribution in [1.82, 2.24) is 14.8 Å². The molecule has 0 amide bonds. The number of hydrogen-bond acceptors (Lipinski definition) is 5. The summed E-state index contributed by atoms with van der Waals surface area (Å²) in [6.45, 7) is 6.87. The van der Waals surface area contributed by atoms with Gasteiger partial charge < -0.3 is 9.47 Å². The van der Waals surface area contributed by atoms with Crippen molar-refractivity contribution in [2.24, 2.45) is 18.4 Å². The quantitative estimate of drug-likeness (QED) is 0.795. The fraction of sp³-hybridized carbons (Fsp3) is 0.588. The number of aromatic nitrogens is 3. The van der Waals surface area contributed by atoms with Gasteiger partial charge in [0.1, 0.15) is 6.10 Å². The van der Waals surface area contributed by atoms with E-state index in [1.54, 1.807) is 10.9 Å². The molecule has 1 aliphatic heterocycles. The van der Waals surface area contributed by atoms with E-state index in [4.69, 9.17) is 9.47 Å². The molecule has 6 heteroatoms. The molecule has 6 nitrogen and oxygen atoms in total. The summed E-state index contributed by atoms with van der Waals surface area (Å²) in [5, 5.41) is 5.22. The van der Waals surface area contributed by atoms with Crippen molar-refractivity contribution in [1.29, 1.82) is 0 Å². The van der Waals surface area contributed by atoms with Gasteiger partial charge in [0, 0.05) is 36.6 Å². The van der Waals surface area contributed by atoms with Crippen LogP contribution in [0.4, 0.5) is 0 Å². The standard InChI is InChI=1S/C17H21N3O3/c1-9-12-7-10(8-18-15(12)20(4)19-9)16(21)23-14-11-5-6-22-13(11)17(14,2)3/h7-8,11,13-14H,5-6H2,1-4H3/t11-,13-,14-/m1/s1. The minimum Gasteiger partial charge on any atom is -0.458 e. The van der Waals surface area contributed by atoms with E-state index in [0.29, 0.717) is 11.5 Å². The Bertz CT molecular complexity index is 796. The highest BCUT2D eigenvalue weighted by molar-refractivity contribution is 5.93. The van der Waals surface area contributed by atoms with Gasteiger partial charge in [-0.2, -0.15) is 5.10 Å². The van der Waals surface area contributed by atoms with Crippen LogP contribution in [-0.4, -0.2) is 39.5 Å². The molecule has 3 heterocycles. The normalized spacial score (nSPS) is 28.4. The Kier molecular flexibility index (Phi) is 3.04. The second-order valence-electron chi connectivity index (χ2n) is 7.20. The number of ether oxygens (including phenoxy) is 2. The summed E-state index contributed by atoms with van der Waals surface area (Å²) in [5.74, 6) is 0.0110. The molecule has 3 atom stereocenters. The lowest BCUT2D eigenvalue weighted by Crippen LogP contribution is -2.61. The molecule has 2 aromatic rings. The molecule has 122 valence electrons. The van der Waals surface area contributed by atoms with Crippen LogP contribution in [0.25, 0.3) is 11.0 Å². The fourth-order valence-electron chi connectivity index (χ4n) is 4.12. The lowest BCUT2D eigenvalue weighted by Gasteiger charge is -2.53. The molecule has 23 heavy (non-hydrogen) atoms. The zero-order valence-electron chi connectivity index (χ0n) is 13.9. The Morgan fingerprint density at radius 1 is 1.48 bits per heavy atom. The van der Waals surface area contributed by atoms with Crippen molar-refractivity contribution >= 4 is 17.0 Å². The minimum atomic E-state index is -0.314. The van der Waals surface area contributed by atoms with E-state index in [1.165, 1.54) is 0 Å². The first-order valence-electron chi connectivity index (χ1n) is 8.01. The van der Waals surface area contributed by atoms with Gasteiger partial charge in [0.25, 0.3) is 0 Å². The molecule has 0 aromatic carbocycles. The topological polar surface area (TPSA) is 66.2 Å². The second-order valence-corrected chi connectivity index (χ2v) is 7.20. The number of rotatable bonds is 2. The summed E-state index contributed by atoms with van der Waals surface area (Å²) in [5.41, 5.74) is 1.98. The zero-order valence-corrected chi connectivity index (χ0v) is 13.9. The number of esters is 1. The Labute approximate surface area is 134 Å². The number of fused-ring (bicyclic) bond motifs is 2. The molecule has 0 N–H and O–H groups in total. The highest BCUT2D eigenvalue weighted by Crippen LogP contribution is 2.53. The highest BCUT2D eigenvalue weighted by atomic mass is 16.6. The molecule has 1 saturated heterocycles. The van der Waals surface area contributed by atoms with Gasteiger partial charge in [0.2, 0.25) is 0 Å². The summed E-state index contributed by atoms with van der Waals surface area (Å²) in [7, 11) is 1.84. The molecule has 0 bridgehead atoms. The maximum atomic E-state index is 12.6. The van der Waals surface area contributed by atoms with Crippen LogP contribution in [0.15, 0.2) is 12.3 Å². The maximum absolute atomic E-state index is 12.6. The molecule has 2 fully saturated rings. The van der Waals surface area contributed by atoms with E-state index >= 15 is 0 Å². The Balaban J connectivity index is 1.59. The predicted molar refractivity (Wildman–Crippen MR) is 84.1 cm³/mol. The van der Waals surface area contributed by atoms with Crippen molar-refractivity contribution in [3.63, 3.8) is 0 Å². The van der Waals surface area contributed by atoms with Crippen LogP contribution < -0.4 is 0 Å². The Morgan fingerprint density at radius 3 is 3.04 bits per heavy atom. The second kappa shape index (κ2) is 4.77. The van der Waals surface area contributed by atoms with Crippen LogP contribution in [0.2, 0.25) is 0 Å². The molecule has 0 radical (unpaired) electrons. The summed E-state index contributed by atoms with van der Waals surface area (Å²) in [6, 6.07) is 1.82. The maximum Gasteiger partial charge on any atom is 0.340 e. The van der Waals surface area contributed by atoms with Gasteiger partial charge in [-0.3, -0.25) is 4.68 Å². The number of carbonyl (C=O) groups is 1. The van der Waals surface area contributed by atoms with Gasteiger partial charge in [-0.25, -0.2) is 9.78 Å². The molecule has 4 rings (SSSR count). The monoisotopic (exact) mass is 315 g/mol. The number of aryl methyl sites for hydroxylation is 2. The van der Waals surface area contributed by atoms with E-state index in [-0.39, 0.29) is 23.6 Å². The van der Waals surface area contributed by atoms with Gasteiger partial charge in [-0.1, -0.05) is 13.8 Å². The zero-order chi connectivity index (χ0) is 16.4. The van der Waals surface area contributed by atoms with Crippen LogP contribution in [0.1, 0.15) is 36.3 Å². The van der Waals surface area contributed by atoms with Crippen LogP contribution in [0.5, 0.6) is 0 Å². The van der Waals surface area contributed by atoms with E-state index in [0.717, 1.165) is 29.8 Å². The molecule has 0 spiro atoms. The molecule has 1 saturated carbocycles. The number of hydrogen-bond donors (Lipinski definition) is 0. The number of carbonyl (C=O) groups excluding carboxylic acids is 1. The first-order chi connectivity index (χ1) is 10.9. The molecule has 2 aromatic heterocycles. The summed E-state index contributed by atoms with van der Waals surface area (Å²) >= 11 is 0. The number of pyridine rings is 1. The summed E-state index contributed by atoms with van der Waals surface area (Å²) in [6.07, 6.45) is 2.65. The van der Waals surface area contributed by atoms with Gasteiger partial charge in [0.05, 0.1) is 17.4 Å². The molecule has 0 unspecified atom stereocenters. The third-order valence-corrected chi connectivity index (χ3v) is 5.33. The SMILES string of the molecule is Cc1nn(C)c2ncc(C(=O)O[C@@H]3[C@@H]4CCO[C@H]4C3(C)C)cc12. The lowest BCUT2D eigenvalue weighted by atomic mass is 9.59. The molecular weight excluding hydrogens is 294 g/mol. The third kappa shape index (κ3) is 2.01. The van der Waals surface area contributed by atoms with Crippen LogP contribution >= 0.6 is 0 Å². The van der Waals surface area contributed by atoms with Gasteiger partial charge in [0.15, 0.2) is 5.65 Å². The smallest absolute Gasteiger partial charge is 0.340 e. The van der Waals surface area contributed by atoms with Crippen molar-refractivity contribution < 1.29 is 14.3 Å². The fourth-order valence-corrected chi connectivity index (χ4v) is 4.12. The van der Waals surface area contributed by atoms with Crippen LogP contribution in [0, 0.1) is 18.3 Å². The molecular formula is C17H21N3O3. The van der Waals surface area contributed by atoms with Crippen molar-refractivity contribution in [2.75, 3.05) is 6.61 Å². The molecule has 1 aliphatic carbocycles. The average Bonchev–Trinajstić information content (AvgIpc) is 3.08.